The maximum atomic E-state index is 9.21. The minimum atomic E-state index is -0.285. The Morgan fingerprint density at radius 3 is 2.95 bits per heavy atom. The lowest BCUT2D eigenvalue weighted by Crippen LogP contribution is -2.46. The van der Waals surface area contributed by atoms with Crippen LogP contribution in [0.4, 0.5) is 0 Å². The molecule has 1 unspecified atom stereocenters. The van der Waals surface area contributed by atoms with Crippen molar-refractivity contribution in [1.82, 2.24) is 10.3 Å². The third-order valence-electron chi connectivity index (χ3n) is 3.58. The Bertz CT molecular complexity index is 598. The number of aromatic nitrogens is 1. The van der Waals surface area contributed by atoms with Gasteiger partial charge in [0, 0.05) is 42.4 Å². The van der Waals surface area contributed by atoms with Crippen LogP contribution in [0.1, 0.15) is 18.9 Å². The van der Waals surface area contributed by atoms with Crippen molar-refractivity contribution in [2.45, 2.75) is 25.4 Å². The van der Waals surface area contributed by atoms with E-state index in [4.69, 9.17) is 16.3 Å². The highest BCUT2D eigenvalue weighted by atomic mass is 35.5. The highest BCUT2D eigenvalue weighted by Gasteiger charge is 2.23. The van der Waals surface area contributed by atoms with Gasteiger partial charge in [-0.2, -0.15) is 0 Å². The van der Waals surface area contributed by atoms with E-state index < -0.39 is 0 Å². The zero-order valence-corrected chi connectivity index (χ0v) is 13.2. The first-order chi connectivity index (χ1) is 10.1. The lowest BCUT2D eigenvalue weighted by molar-refractivity contribution is 0.0970. The molecular weight excluding hydrogens is 288 g/mol. The second-order valence-corrected chi connectivity index (χ2v) is 5.90. The molecule has 0 amide bonds. The summed E-state index contributed by atoms with van der Waals surface area (Å²) in [6.45, 7) is 3.29. The lowest BCUT2D eigenvalue weighted by atomic mass is 9.98. The summed E-state index contributed by atoms with van der Waals surface area (Å²) in [5, 5.41) is 14.4. The number of pyridine rings is 1. The fourth-order valence-corrected chi connectivity index (χ4v) is 2.70. The van der Waals surface area contributed by atoms with Gasteiger partial charge in [0.05, 0.1) is 12.1 Å². The molecule has 1 aromatic heterocycles. The van der Waals surface area contributed by atoms with Crippen LogP contribution in [-0.4, -0.2) is 36.0 Å². The van der Waals surface area contributed by atoms with Crippen molar-refractivity contribution in [3.8, 4) is 0 Å². The quantitative estimate of drug-likeness (QED) is 0.826. The Balaban J connectivity index is 2.23. The van der Waals surface area contributed by atoms with Gasteiger partial charge in [0.25, 0.3) is 0 Å². The molecule has 1 aromatic carbocycles. The third-order valence-corrected chi connectivity index (χ3v) is 3.80. The molecular formula is C16H21ClN2O2. The summed E-state index contributed by atoms with van der Waals surface area (Å²) < 4.78 is 5.24. The van der Waals surface area contributed by atoms with Crippen LogP contribution in [0, 0.1) is 0 Å². The van der Waals surface area contributed by atoms with Gasteiger partial charge in [-0.05, 0) is 37.1 Å². The van der Waals surface area contributed by atoms with Crippen molar-refractivity contribution >= 4 is 22.5 Å². The topological polar surface area (TPSA) is 54.4 Å². The van der Waals surface area contributed by atoms with Gasteiger partial charge in [-0.15, -0.1) is 0 Å². The SMILES string of the molecule is COCC(C)(CCO)NCc1cc(Cl)cc2cccnc12. The average Bonchev–Trinajstić information content (AvgIpc) is 2.45. The number of hydrogen-bond acceptors (Lipinski definition) is 4. The Kier molecular flexibility index (Phi) is 5.53. The molecule has 2 rings (SSSR count). The second-order valence-electron chi connectivity index (χ2n) is 5.46. The van der Waals surface area contributed by atoms with Gasteiger partial charge in [0.2, 0.25) is 0 Å². The summed E-state index contributed by atoms with van der Waals surface area (Å²) >= 11 is 6.18. The molecule has 0 radical (unpaired) electrons. The van der Waals surface area contributed by atoms with Gasteiger partial charge in [-0.3, -0.25) is 4.98 Å². The summed E-state index contributed by atoms with van der Waals surface area (Å²) in [7, 11) is 1.66. The summed E-state index contributed by atoms with van der Waals surface area (Å²) in [5.41, 5.74) is 1.70. The predicted molar refractivity (Wildman–Crippen MR) is 85.6 cm³/mol. The van der Waals surface area contributed by atoms with E-state index in [-0.39, 0.29) is 12.1 Å². The minimum Gasteiger partial charge on any atom is -0.396 e. The van der Waals surface area contributed by atoms with E-state index in [0.29, 0.717) is 24.6 Å². The molecule has 0 aliphatic heterocycles. The first kappa shape index (κ1) is 16.2. The van der Waals surface area contributed by atoms with Crippen molar-refractivity contribution in [2.75, 3.05) is 20.3 Å². The molecule has 0 bridgehead atoms. The summed E-state index contributed by atoms with van der Waals surface area (Å²) in [4.78, 5) is 4.44. The number of rotatable bonds is 7. The molecule has 0 saturated heterocycles. The van der Waals surface area contributed by atoms with Crippen LogP contribution < -0.4 is 5.32 Å². The van der Waals surface area contributed by atoms with E-state index in [1.165, 1.54) is 0 Å². The maximum absolute atomic E-state index is 9.21. The van der Waals surface area contributed by atoms with Gasteiger partial charge in [0.1, 0.15) is 0 Å². The number of methoxy groups -OCH3 is 1. The number of nitrogens with one attached hydrogen (secondary N) is 1. The smallest absolute Gasteiger partial charge is 0.0747 e. The summed E-state index contributed by atoms with van der Waals surface area (Å²) in [6, 6.07) is 7.74. The molecule has 1 heterocycles. The molecule has 2 aromatic rings. The number of fused-ring (bicyclic) bond motifs is 1. The van der Waals surface area contributed by atoms with Crippen LogP contribution in [-0.2, 0) is 11.3 Å². The fourth-order valence-electron chi connectivity index (χ4n) is 2.45. The number of aliphatic hydroxyl groups is 1. The zero-order chi connectivity index (χ0) is 15.3. The first-order valence-electron chi connectivity index (χ1n) is 6.96. The van der Waals surface area contributed by atoms with Crippen molar-refractivity contribution < 1.29 is 9.84 Å². The number of benzene rings is 1. The van der Waals surface area contributed by atoms with E-state index in [1.54, 1.807) is 13.3 Å². The molecule has 114 valence electrons. The van der Waals surface area contributed by atoms with Gasteiger partial charge in [-0.25, -0.2) is 0 Å². The Labute approximate surface area is 130 Å². The van der Waals surface area contributed by atoms with Crippen molar-refractivity contribution in [3.63, 3.8) is 0 Å². The van der Waals surface area contributed by atoms with Crippen LogP contribution in [0.3, 0.4) is 0 Å². The monoisotopic (exact) mass is 308 g/mol. The standard InChI is InChI=1S/C16H21ClN2O2/c1-16(5-7-20,11-21-2)19-10-13-9-14(17)8-12-4-3-6-18-15(12)13/h3-4,6,8-9,19-20H,5,7,10-11H2,1-2H3. The largest absolute Gasteiger partial charge is 0.396 e. The average molecular weight is 309 g/mol. The summed E-state index contributed by atoms with van der Waals surface area (Å²) in [5.74, 6) is 0. The number of hydrogen-bond donors (Lipinski definition) is 2. The van der Waals surface area contributed by atoms with Crippen LogP contribution >= 0.6 is 11.6 Å². The van der Waals surface area contributed by atoms with E-state index in [0.717, 1.165) is 16.5 Å². The second kappa shape index (κ2) is 7.18. The fraction of sp³-hybridized carbons (Fsp3) is 0.438. The van der Waals surface area contributed by atoms with Gasteiger partial charge in [0.15, 0.2) is 0 Å². The molecule has 2 N–H and O–H groups in total. The number of ether oxygens (including phenoxy) is 1. The Morgan fingerprint density at radius 1 is 1.43 bits per heavy atom. The Hall–Kier alpha value is -1.20. The normalized spacial score (nSPS) is 14.3. The predicted octanol–water partition coefficient (Wildman–Crippen LogP) is 2.77. The van der Waals surface area contributed by atoms with Gasteiger partial charge in [-0.1, -0.05) is 17.7 Å². The molecule has 5 heteroatoms. The first-order valence-corrected chi connectivity index (χ1v) is 7.34. The van der Waals surface area contributed by atoms with Gasteiger partial charge >= 0.3 is 0 Å². The molecule has 4 nitrogen and oxygen atoms in total. The molecule has 1 atom stereocenters. The van der Waals surface area contributed by atoms with E-state index in [1.807, 2.05) is 31.2 Å². The molecule has 0 spiro atoms. The van der Waals surface area contributed by atoms with Crippen LogP contribution in [0.25, 0.3) is 10.9 Å². The zero-order valence-electron chi connectivity index (χ0n) is 12.4. The third kappa shape index (κ3) is 4.14. The number of aliphatic hydroxyl groups excluding tert-OH is 1. The molecule has 0 saturated carbocycles. The lowest BCUT2D eigenvalue weighted by Gasteiger charge is -2.30. The van der Waals surface area contributed by atoms with Crippen LogP contribution in [0.15, 0.2) is 30.5 Å². The number of nitrogens with zero attached hydrogens (tertiary/aromatic N) is 1. The van der Waals surface area contributed by atoms with Crippen LogP contribution in [0.2, 0.25) is 5.02 Å². The maximum Gasteiger partial charge on any atom is 0.0747 e. The van der Waals surface area contributed by atoms with E-state index in [9.17, 15) is 5.11 Å². The highest BCUT2D eigenvalue weighted by Crippen LogP contribution is 2.23. The van der Waals surface area contributed by atoms with Crippen LogP contribution in [0.5, 0.6) is 0 Å². The Morgan fingerprint density at radius 2 is 2.24 bits per heavy atom. The van der Waals surface area contributed by atoms with Crippen molar-refractivity contribution in [3.05, 3.63) is 41.0 Å². The molecule has 21 heavy (non-hydrogen) atoms. The molecule has 0 fully saturated rings. The molecule has 0 aliphatic rings. The highest BCUT2D eigenvalue weighted by molar-refractivity contribution is 6.31. The molecule has 0 aliphatic carbocycles. The number of halogens is 1. The van der Waals surface area contributed by atoms with Crippen molar-refractivity contribution in [2.24, 2.45) is 0 Å². The minimum absolute atomic E-state index is 0.113. The summed E-state index contributed by atoms with van der Waals surface area (Å²) in [6.07, 6.45) is 2.40. The van der Waals surface area contributed by atoms with E-state index in [2.05, 4.69) is 10.3 Å². The van der Waals surface area contributed by atoms with E-state index >= 15 is 0 Å². The van der Waals surface area contributed by atoms with Gasteiger partial charge < -0.3 is 15.2 Å². The van der Waals surface area contributed by atoms with Crippen molar-refractivity contribution in [1.29, 1.82) is 0 Å².